The van der Waals surface area contributed by atoms with Crippen molar-refractivity contribution in [2.75, 3.05) is 11.5 Å². The van der Waals surface area contributed by atoms with Crippen molar-refractivity contribution in [1.82, 2.24) is 5.32 Å². The molecule has 0 spiro atoms. The Labute approximate surface area is 99.9 Å². The number of aromatic hydroxyl groups is 2. The number of rotatable bonds is 3. The first-order valence-corrected chi connectivity index (χ1v) is 6.73. The molecule has 0 aliphatic carbocycles. The minimum absolute atomic E-state index is 0.107. The number of nitrogens with one attached hydrogen (secondary N) is 1. The fraction of sp³-hybridized carbons (Fsp3) is 0.500. The SMILES string of the molecule is Oc1ccc(CNC2CCSCC2)c(O)c1. The van der Waals surface area contributed by atoms with E-state index in [-0.39, 0.29) is 11.5 Å². The molecule has 1 aliphatic heterocycles. The molecule has 0 amide bonds. The molecule has 0 radical (unpaired) electrons. The maximum absolute atomic E-state index is 9.62. The van der Waals surface area contributed by atoms with Gasteiger partial charge in [0.15, 0.2) is 0 Å². The van der Waals surface area contributed by atoms with Crippen LogP contribution in [0.2, 0.25) is 0 Å². The van der Waals surface area contributed by atoms with E-state index < -0.39 is 0 Å². The van der Waals surface area contributed by atoms with Gasteiger partial charge in [-0.2, -0.15) is 11.8 Å². The van der Waals surface area contributed by atoms with Gasteiger partial charge in [0, 0.05) is 24.2 Å². The van der Waals surface area contributed by atoms with Crippen LogP contribution in [-0.4, -0.2) is 27.8 Å². The van der Waals surface area contributed by atoms with Crippen molar-refractivity contribution in [3.8, 4) is 11.5 Å². The fourth-order valence-corrected chi connectivity index (χ4v) is 2.96. The summed E-state index contributed by atoms with van der Waals surface area (Å²) in [6.07, 6.45) is 2.40. The van der Waals surface area contributed by atoms with E-state index in [0.29, 0.717) is 12.6 Å². The number of phenols is 2. The van der Waals surface area contributed by atoms with Gasteiger partial charge in [-0.3, -0.25) is 0 Å². The van der Waals surface area contributed by atoms with Crippen molar-refractivity contribution < 1.29 is 10.2 Å². The van der Waals surface area contributed by atoms with E-state index in [1.54, 1.807) is 12.1 Å². The Morgan fingerprint density at radius 1 is 1.25 bits per heavy atom. The first kappa shape index (κ1) is 11.6. The molecule has 0 unspecified atom stereocenters. The average Bonchev–Trinajstić information content (AvgIpc) is 2.29. The van der Waals surface area contributed by atoms with Gasteiger partial charge in [-0.05, 0) is 30.4 Å². The summed E-state index contributed by atoms with van der Waals surface area (Å²) < 4.78 is 0. The highest BCUT2D eigenvalue weighted by Gasteiger charge is 2.13. The summed E-state index contributed by atoms with van der Waals surface area (Å²) in [6, 6.07) is 5.31. The van der Waals surface area contributed by atoms with E-state index >= 15 is 0 Å². The Hall–Kier alpha value is -0.870. The smallest absolute Gasteiger partial charge is 0.123 e. The second kappa shape index (κ2) is 5.46. The molecule has 2 rings (SSSR count). The lowest BCUT2D eigenvalue weighted by molar-refractivity contribution is 0.434. The second-order valence-corrected chi connectivity index (χ2v) is 5.31. The molecule has 3 N–H and O–H groups in total. The number of thioether (sulfide) groups is 1. The lowest BCUT2D eigenvalue weighted by Gasteiger charge is -2.22. The quantitative estimate of drug-likeness (QED) is 0.756. The molecule has 88 valence electrons. The van der Waals surface area contributed by atoms with E-state index in [1.165, 1.54) is 30.4 Å². The maximum Gasteiger partial charge on any atom is 0.123 e. The lowest BCUT2D eigenvalue weighted by Crippen LogP contribution is -2.32. The third-order valence-electron chi connectivity index (χ3n) is 2.87. The minimum atomic E-state index is 0.107. The van der Waals surface area contributed by atoms with Crippen LogP contribution in [0, 0.1) is 0 Å². The lowest BCUT2D eigenvalue weighted by atomic mass is 10.1. The molecule has 4 heteroatoms. The summed E-state index contributed by atoms with van der Waals surface area (Å²) in [5, 5.41) is 22.2. The Morgan fingerprint density at radius 2 is 2.00 bits per heavy atom. The molecule has 1 heterocycles. The summed E-state index contributed by atoms with van der Waals surface area (Å²) >= 11 is 2.00. The normalized spacial score (nSPS) is 17.5. The summed E-state index contributed by atoms with van der Waals surface area (Å²) in [7, 11) is 0. The maximum atomic E-state index is 9.62. The highest BCUT2D eigenvalue weighted by molar-refractivity contribution is 7.99. The van der Waals surface area contributed by atoms with Crippen molar-refractivity contribution in [2.24, 2.45) is 0 Å². The molecule has 1 fully saturated rings. The van der Waals surface area contributed by atoms with Crippen LogP contribution < -0.4 is 5.32 Å². The standard InChI is InChI=1S/C12H17NO2S/c14-11-2-1-9(12(15)7-11)8-13-10-3-5-16-6-4-10/h1-2,7,10,13-15H,3-6,8H2. The largest absolute Gasteiger partial charge is 0.508 e. The van der Waals surface area contributed by atoms with Crippen molar-refractivity contribution in [2.45, 2.75) is 25.4 Å². The van der Waals surface area contributed by atoms with Crippen molar-refractivity contribution in [3.05, 3.63) is 23.8 Å². The van der Waals surface area contributed by atoms with E-state index in [2.05, 4.69) is 5.32 Å². The zero-order valence-corrected chi connectivity index (χ0v) is 9.96. The molecule has 1 aromatic rings. The molecule has 1 saturated heterocycles. The molecule has 0 bridgehead atoms. The van der Waals surface area contributed by atoms with E-state index in [0.717, 1.165) is 5.56 Å². The third-order valence-corrected chi connectivity index (χ3v) is 3.92. The zero-order chi connectivity index (χ0) is 11.4. The highest BCUT2D eigenvalue weighted by atomic mass is 32.2. The average molecular weight is 239 g/mol. The number of hydrogen-bond donors (Lipinski definition) is 3. The summed E-state index contributed by atoms with van der Waals surface area (Å²) in [5.41, 5.74) is 0.844. The van der Waals surface area contributed by atoms with Gasteiger partial charge in [-0.15, -0.1) is 0 Å². The van der Waals surface area contributed by atoms with Gasteiger partial charge >= 0.3 is 0 Å². The molecule has 16 heavy (non-hydrogen) atoms. The van der Waals surface area contributed by atoms with E-state index in [9.17, 15) is 10.2 Å². The predicted octanol–water partition coefficient (Wildman–Crippen LogP) is 2.08. The first-order valence-electron chi connectivity index (χ1n) is 5.57. The van der Waals surface area contributed by atoms with Crippen LogP contribution in [-0.2, 0) is 6.54 Å². The van der Waals surface area contributed by atoms with Crippen molar-refractivity contribution in [3.63, 3.8) is 0 Å². The zero-order valence-electron chi connectivity index (χ0n) is 9.15. The molecular weight excluding hydrogens is 222 g/mol. The fourth-order valence-electron chi connectivity index (χ4n) is 1.86. The van der Waals surface area contributed by atoms with Crippen LogP contribution in [0.3, 0.4) is 0 Å². The summed E-state index contributed by atoms with van der Waals surface area (Å²) in [4.78, 5) is 0. The molecule has 1 aliphatic rings. The van der Waals surface area contributed by atoms with Crippen LogP contribution in [0.15, 0.2) is 18.2 Å². The van der Waals surface area contributed by atoms with Crippen LogP contribution in [0.4, 0.5) is 0 Å². The van der Waals surface area contributed by atoms with Crippen LogP contribution in [0.25, 0.3) is 0 Å². The molecule has 0 atom stereocenters. The predicted molar refractivity (Wildman–Crippen MR) is 67.0 cm³/mol. The third kappa shape index (κ3) is 3.06. The van der Waals surface area contributed by atoms with E-state index in [4.69, 9.17) is 0 Å². The number of phenolic OH excluding ortho intramolecular Hbond substituents is 2. The number of benzene rings is 1. The molecular formula is C12H17NO2S. The first-order chi connectivity index (χ1) is 7.75. The Morgan fingerprint density at radius 3 is 2.69 bits per heavy atom. The van der Waals surface area contributed by atoms with Gasteiger partial charge in [-0.25, -0.2) is 0 Å². The minimum Gasteiger partial charge on any atom is -0.508 e. The highest BCUT2D eigenvalue weighted by Crippen LogP contribution is 2.23. The Balaban J connectivity index is 1.88. The van der Waals surface area contributed by atoms with Crippen molar-refractivity contribution in [1.29, 1.82) is 0 Å². The summed E-state index contributed by atoms with van der Waals surface area (Å²) in [5.74, 6) is 2.71. The van der Waals surface area contributed by atoms with Crippen LogP contribution >= 0.6 is 11.8 Å². The van der Waals surface area contributed by atoms with Crippen LogP contribution in [0.5, 0.6) is 11.5 Å². The Bertz CT molecular complexity index is 351. The summed E-state index contributed by atoms with van der Waals surface area (Å²) in [6.45, 7) is 0.668. The topological polar surface area (TPSA) is 52.5 Å². The van der Waals surface area contributed by atoms with Gasteiger partial charge in [-0.1, -0.05) is 6.07 Å². The van der Waals surface area contributed by atoms with Crippen molar-refractivity contribution >= 4 is 11.8 Å². The molecule has 1 aromatic carbocycles. The van der Waals surface area contributed by atoms with Gasteiger partial charge in [0.05, 0.1) is 0 Å². The van der Waals surface area contributed by atoms with Gasteiger partial charge in [0.2, 0.25) is 0 Å². The van der Waals surface area contributed by atoms with E-state index in [1.807, 2.05) is 11.8 Å². The molecule has 3 nitrogen and oxygen atoms in total. The Kier molecular flexibility index (Phi) is 3.96. The van der Waals surface area contributed by atoms with Gasteiger partial charge < -0.3 is 15.5 Å². The second-order valence-electron chi connectivity index (χ2n) is 4.08. The molecule has 0 aromatic heterocycles. The monoisotopic (exact) mass is 239 g/mol. The van der Waals surface area contributed by atoms with Crippen LogP contribution in [0.1, 0.15) is 18.4 Å². The number of hydrogen-bond acceptors (Lipinski definition) is 4. The molecule has 0 saturated carbocycles. The van der Waals surface area contributed by atoms with Gasteiger partial charge in [0.1, 0.15) is 11.5 Å². The van der Waals surface area contributed by atoms with Gasteiger partial charge in [0.25, 0.3) is 0 Å².